The van der Waals surface area contributed by atoms with Crippen LogP contribution in [0.25, 0.3) is 10.9 Å². The second-order valence-electron chi connectivity index (χ2n) is 7.76. The molecule has 34 heavy (non-hydrogen) atoms. The molecule has 5 aromatic rings. The monoisotopic (exact) mass is 448 g/mol. The fourth-order valence-electron chi connectivity index (χ4n) is 3.69. The van der Waals surface area contributed by atoms with E-state index in [1.165, 1.54) is 12.3 Å². The fraction of sp³-hybridized carbons (Fsp3) is 0. The molecule has 0 unspecified atom stereocenters. The van der Waals surface area contributed by atoms with E-state index in [0.717, 1.165) is 11.4 Å². The van der Waals surface area contributed by atoms with E-state index in [0.29, 0.717) is 33.5 Å². The molecule has 0 aliphatic rings. The van der Waals surface area contributed by atoms with Gasteiger partial charge in [0.25, 0.3) is 5.91 Å². The van der Waals surface area contributed by atoms with Gasteiger partial charge in [-0.15, -0.1) is 0 Å². The van der Waals surface area contributed by atoms with Crippen molar-refractivity contribution in [3.05, 3.63) is 121 Å². The average molecular weight is 449 g/mol. The Morgan fingerprint density at radius 2 is 1.38 bits per heavy atom. The van der Waals surface area contributed by atoms with Crippen LogP contribution in [0.4, 0.5) is 32.8 Å². The van der Waals surface area contributed by atoms with E-state index in [1.807, 2.05) is 78.9 Å². The van der Waals surface area contributed by atoms with Crippen molar-refractivity contribution < 1.29 is 9.18 Å². The van der Waals surface area contributed by atoms with Gasteiger partial charge in [0, 0.05) is 39.4 Å². The van der Waals surface area contributed by atoms with Crippen LogP contribution in [0.5, 0.6) is 0 Å². The summed E-state index contributed by atoms with van der Waals surface area (Å²) in [5.74, 6) is -0.634. The van der Waals surface area contributed by atoms with E-state index in [4.69, 9.17) is 0 Å². The Bertz CT molecular complexity index is 1470. The van der Waals surface area contributed by atoms with Crippen LogP contribution < -0.4 is 16.0 Å². The molecular weight excluding hydrogens is 427 g/mol. The highest BCUT2D eigenvalue weighted by atomic mass is 19.1. The third-order valence-electron chi connectivity index (χ3n) is 5.28. The molecule has 0 atom stereocenters. The van der Waals surface area contributed by atoms with E-state index >= 15 is 0 Å². The van der Waals surface area contributed by atoms with Crippen molar-refractivity contribution in [2.45, 2.75) is 0 Å². The van der Waals surface area contributed by atoms with Gasteiger partial charge in [0.15, 0.2) is 0 Å². The molecule has 166 valence electrons. The quantitative estimate of drug-likeness (QED) is 0.259. The maximum Gasteiger partial charge on any atom is 0.255 e. The minimum Gasteiger partial charge on any atom is -0.355 e. The Morgan fingerprint density at radius 3 is 2.24 bits per heavy atom. The van der Waals surface area contributed by atoms with Crippen molar-refractivity contribution in [3.63, 3.8) is 0 Å². The van der Waals surface area contributed by atoms with Gasteiger partial charge in [-0.05, 0) is 66.7 Å². The van der Waals surface area contributed by atoms with Crippen molar-refractivity contribution in [1.29, 1.82) is 0 Å². The summed E-state index contributed by atoms with van der Waals surface area (Å²) in [7, 11) is 0. The number of carbonyl (C=O) groups is 1. The minimum absolute atomic E-state index is 0.230. The maximum absolute atomic E-state index is 13.7. The summed E-state index contributed by atoms with van der Waals surface area (Å²) in [4.78, 5) is 17.1. The first kappa shape index (κ1) is 21.2. The average Bonchev–Trinajstić information content (AvgIpc) is 2.85. The Hall–Kier alpha value is -4.71. The topological polar surface area (TPSA) is 66.1 Å². The van der Waals surface area contributed by atoms with Crippen LogP contribution in [0.1, 0.15) is 10.4 Å². The highest BCUT2D eigenvalue weighted by molar-refractivity contribution is 6.05. The summed E-state index contributed by atoms with van der Waals surface area (Å²) >= 11 is 0. The molecule has 0 saturated heterocycles. The summed E-state index contributed by atoms with van der Waals surface area (Å²) in [6.07, 6.45) is 1.20. The zero-order valence-corrected chi connectivity index (χ0v) is 18.1. The lowest BCUT2D eigenvalue weighted by atomic mass is 10.1. The van der Waals surface area contributed by atoms with Crippen molar-refractivity contribution in [2.75, 3.05) is 16.0 Å². The summed E-state index contributed by atoms with van der Waals surface area (Å²) in [5.41, 5.74) is 5.12. The predicted molar refractivity (Wildman–Crippen MR) is 136 cm³/mol. The molecule has 0 radical (unpaired) electrons. The highest BCUT2D eigenvalue weighted by Crippen LogP contribution is 2.27. The van der Waals surface area contributed by atoms with Crippen LogP contribution in [0.3, 0.4) is 0 Å². The first-order valence-electron chi connectivity index (χ1n) is 10.8. The van der Waals surface area contributed by atoms with Gasteiger partial charge in [0.05, 0.1) is 11.7 Å². The molecule has 1 heterocycles. The number of fused-ring (bicyclic) bond motifs is 1. The molecule has 1 amide bonds. The molecule has 0 spiro atoms. The van der Waals surface area contributed by atoms with Gasteiger partial charge in [-0.25, -0.2) is 4.39 Å². The molecule has 0 aliphatic heterocycles. The normalized spacial score (nSPS) is 10.6. The van der Waals surface area contributed by atoms with E-state index in [2.05, 4.69) is 20.9 Å². The van der Waals surface area contributed by atoms with Gasteiger partial charge >= 0.3 is 0 Å². The lowest BCUT2D eigenvalue weighted by Gasteiger charge is -2.12. The van der Waals surface area contributed by atoms with E-state index in [-0.39, 0.29) is 5.91 Å². The summed E-state index contributed by atoms with van der Waals surface area (Å²) in [6, 6.07) is 31.5. The SMILES string of the molecule is O=C(Nc1cccc(Nc2ccccc2)c1)c1cccc(Nc2cccc3ncc(F)cc23)c1. The standard InChI is InChI=1S/C28H21FN4O/c29-20-16-25-26(30-18-20)13-6-14-27(25)32-22-10-4-7-19(15-22)28(34)33-24-12-5-11-23(17-24)31-21-8-2-1-3-9-21/h1-18,31-32H,(H,33,34). The number of amides is 1. The van der Waals surface area contributed by atoms with Gasteiger partial charge in [0.2, 0.25) is 0 Å². The van der Waals surface area contributed by atoms with Gasteiger partial charge in [0.1, 0.15) is 5.82 Å². The largest absolute Gasteiger partial charge is 0.355 e. The third kappa shape index (κ3) is 4.86. The molecule has 3 N–H and O–H groups in total. The molecule has 0 saturated carbocycles. The van der Waals surface area contributed by atoms with Crippen molar-refractivity contribution in [1.82, 2.24) is 4.98 Å². The number of hydrogen-bond acceptors (Lipinski definition) is 4. The van der Waals surface area contributed by atoms with Gasteiger partial charge in [-0.1, -0.05) is 36.4 Å². The summed E-state index contributed by atoms with van der Waals surface area (Å²) in [6.45, 7) is 0. The van der Waals surface area contributed by atoms with Gasteiger partial charge in [-0.2, -0.15) is 0 Å². The predicted octanol–water partition coefficient (Wildman–Crippen LogP) is 7.11. The first-order valence-corrected chi connectivity index (χ1v) is 10.8. The Balaban J connectivity index is 1.33. The molecule has 4 aromatic carbocycles. The van der Waals surface area contributed by atoms with Crippen LogP contribution in [-0.4, -0.2) is 10.9 Å². The number of pyridine rings is 1. The molecule has 5 nitrogen and oxygen atoms in total. The molecule has 0 fully saturated rings. The van der Waals surface area contributed by atoms with Crippen LogP contribution in [0.15, 0.2) is 109 Å². The van der Waals surface area contributed by atoms with Crippen LogP contribution in [0, 0.1) is 5.82 Å². The number of anilines is 5. The van der Waals surface area contributed by atoms with Crippen molar-refractivity contribution in [3.8, 4) is 0 Å². The number of halogens is 1. The number of para-hydroxylation sites is 1. The molecule has 0 aliphatic carbocycles. The fourth-order valence-corrected chi connectivity index (χ4v) is 3.69. The second kappa shape index (κ2) is 9.42. The molecule has 1 aromatic heterocycles. The van der Waals surface area contributed by atoms with Gasteiger partial charge < -0.3 is 16.0 Å². The summed E-state index contributed by atoms with van der Waals surface area (Å²) < 4.78 is 13.7. The minimum atomic E-state index is -0.404. The Labute approximate surface area is 196 Å². The lowest BCUT2D eigenvalue weighted by Crippen LogP contribution is -2.12. The summed E-state index contributed by atoms with van der Waals surface area (Å²) in [5, 5.41) is 10.2. The first-order chi connectivity index (χ1) is 16.6. The zero-order valence-electron chi connectivity index (χ0n) is 18.1. The number of hydrogen-bond donors (Lipinski definition) is 3. The maximum atomic E-state index is 13.7. The van der Waals surface area contributed by atoms with Crippen LogP contribution in [0.2, 0.25) is 0 Å². The van der Waals surface area contributed by atoms with Crippen LogP contribution in [-0.2, 0) is 0 Å². The second-order valence-corrected chi connectivity index (χ2v) is 7.76. The number of nitrogens with zero attached hydrogens (tertiary/aromatic N) is 1. The highest BCUT2D eigenvalue weighted by Gasteiger charge is 2.09. The smallest absolute Gasteiger partial charge is 0.255 e. The number of rotatable bonds is 6. The molecule has 6 heteroatoms. The number of carbonyl (C=O) groups excluding carboxylic acids is 1. The lowest BCUT2D eigenvalue weighted by molar-refractivity contribution is 0.102. The van der Waals surface area contributed by atoms with Gasteiger partial charge in [-0.3, -0.25) is 9.78 Å². The number of benzene rings is 4. The van der Waals surface area contributed by atoms with Crippen LogP contribution >= 0.6 is 0 Å². The molecule has 5 rings (SSSR count). The van der Waals surface area contributed by atoms with E-state index in [9.17, 15) is 9.18 Å². The number of aromatic nitrogens is 1. The Kier molecular flexibility index (Phi) is 5.86. The van der Waals surface area contributed by atoms with E-state index < -0.39 is 5.82 Å². The third-order valence-corrected chi connectivity index (χ3v) is 5.28. The molecule has 0 bridgehead atoms. The van der Waals surface area contributed by atoms with Crippen molar-refractivity contribution >= 4 is 45.2 Å². The van der Waals surface area contributed by atoms with E-state index in [1.54, 1.807) is 18.2 Å². The zero-order chi connectivity index (χ0) is 23.3. The van der Waals surface area contributed by atoms with Crippen molar-refractivity contribution in [2.24, 2.45) is 0 Å². The number of nitrogens with one attached hydrogen (secondary N) is 3. The molecular formula is C28H21FN4O. The Morgan fingerprint density at radius 1 is 0.676 bits per heavy atom.